The van der Waals surface area contributed by atoms with Gasteiger partial charge in [-0.15, -0.1) is 0 Å². The van der Waals surface area contributed by atoms with Crippen molar-refractivity contribution in [3.63, 3.8) is 0 Å². The minimum atomic E-state index is 0.308. The molecule has 0 spiro atoms. The maximum atomic E-state index is 5.44. The molecule has 0 saturated heterocycles. The number of fused-ring (bicyclic) bond motifs is 2. The van der Waals surface area contributed by atoms with E-state index in [-0.39, 0.29) is 0 Å². The van der Waals surface area contributed by atoms with Crippen LogP contribution in [0.2, 0.25) is 0 Å². The largest absolute Gasteiger partial charge is 0.454 e. The molecule has 0 bridgehead atoms. The number of nitrogens with zero attached hydrogens (tertiary/aromatic N) is 2. The van der Waals surface area contributed by atoms with Crippen LogP contribution >= 0.6 is 0 Å². The number of aryl methyl sites for hydroxylation is 1. The predicted octanol–water partition coefficient (Wildman–Crippen LogP) is 3.02. The van der Waals surface area contributed by atoms with Crippen LogP contribution in [0.4, 0.5) is 0 Å². The van der Waals surface area contributed by atoms with Gasteiger partial charge in [-0.3, -0.25) is 4.99 Å². The van der Waals surface area contributed by atoms with Gasteiger partial charge in [0.15, 0.2) is 17.5 Å². The number of nitrogens with one attached hydrogen (secondary N) is 3. The van der Waals surface area contributed by atoms with Crippen molar-refractivity contribution >= 4 is 17.0 Å². The molecule has 152 valence electrons. The zero-order valence-electron chi connectivity index (χ0n) is 16.7. The second kappa shape index (κ2) is 9.32. The van der Waals surface area contributed by atoms with E-state index in [1.165, 1.54) is 5.56 Å². The van der Waals surface area contributed by atoms with Crippen molar-refractivity contribution in [2.75, 3.05) is 26.4 Å². The average Bonchev–Trinajstić information content (AvgIpc) is 3.37. The van der Waals surface area contributed by atoms with Crippen LogP contribution in [0.5, 0.6) is 11.5 Å². The van der Waals surface area contributed by atoms with Gasteiger partial charge in [0.05, 0.1) is 11.0 Å². The number of para-hydroxylation sites is 2. The molecule has 29 heavy (non-hydrogen) atoms. The van der Waals surface area contributed by atoms with Gasteiger partial charge in [0, 0.05) is 26.1 Å². The molecule has 1 aliphatic heterocycles. The normalized spacial score (nSPS) is 13.1. The Morgan fingerprint density at radius 1 is 1.10 bits per heavy atom. The lowest BCUT2D eigenvalue weighted by Crippen LogP contribution is -2.38. The topological polar surface area (TPSA) is 83.6 Å². The summed E-state index contributed by atoms with van der Waals surface area (Å²) in [5.41, 5.74) is 3.32. The minimum Gasteiger partial charge on any atom is -0.454 e. The van der Waals surface area contributed by atoms with Crippen LogP contribution in [-0.2, 0) is 12.8 Å². The molecule has 2 aromatic carbocycles. The molecular formula is C22H27N5O2. The molecule has 0 amide bonds. The third kappa shape index (κ3) is 4.99. The number of hydrogen-bond acceptors (Lipinski definition) is 4. The maximum absolute atomic E-state index is 5.44. The fourth-order valence-electron chi connectivity index (χ4n) is 3.32. The summed E-state index contributed by atoms with van der Waals surface area (Å²) in [4.78, 5) is 12.7. The van der Waals surface area contributed by atoms with Gasteiger partial charge in [-0.2, -0.15) is 0 Å². The van der Waals surface area contributed by atoms with E-state index in [0.29, 0.717) is 6.79 Å². The van der Waals surface area contributed by atoms with Gasteiger partial charge in [-0.05, 0) is 49.6 Å². The fourth-order valence-corrected chi connectivity index (χ4v) is 3.32. The molecule has 0 fully saturated rings. The van der Waals surface area contributed by atoms with Gasteiger partial charge < -0.3 is 25.1 Å². The number of rotatable bonds is 8. The van der Waals surface area contributed by atoms with E-state index >= 15 is 0 Å². The monoisotopic (exact) mass is 393 g/mol. The van der Waals surface area contributed by atoms with Gasteiger partial charge in [-0.1, -0.05) is 18.2 Å². The van der Waals surface area contributed by atoms with Crippen LogP contribution < -0.4 is 20.1 Å². The zero-order chi connectivity index (χ0) is 19.9. The van der Waals surface area contributed by atoms with E-state index in [1.54, 1.807) is 0 Å². The molecule has 0 atom stereocenters. The van der Waals surface area contributed by atoms with Crippen LogP contribution in [0, 0.1) is 0 Å². The van der Waals surface area contributed by atoms with Crippen LogP contribution in [0.15, 0.2) is 47.5 Å². The van der Waals surface area contributed by atoms with E-state index in [9.17, 15) is 0 Å². The van der Waals surface area contributed by atoms with E-state index in [0.717, 1.165) is 73.2 Å². The first-order chi connectivity index (χ1) is 14.3. The third-order valence-corrected chi connectivity index (χ3v) is 4.77. The molecular weight excluding hydrogens is 366 g/mol. The van der Waals surface area contributed by atoms with Crippen molar-refractivity contribution in [1.82, 2.24) is 20.6 Å². The highest BCUT2D eigenvalue weighted by Crippen LogP contribution is 2.32. The number of guanidine groups is 1. The molecule has 0 radical (unpaired) electrons. The standard InChI is InChI=1S/C22H27N5O2/c1-2-23-22(25-13-11-16-9-10-19-20(14-16)29-15-28-19)24-12-5-8-21-26-17-6-3-4-7-18(17)27-21/h3-4,6-7,9-10,14H,2,5,8,11-13,15H2,1H3,(H,26,27)(H2,23,24,25). The SMILES string of the molecule is CCNC(=NCCCc1nc2ccccc2[nH]1)NCCc1ccc2c(c1)OCO2. The van der Waals surface area contributed by atoms with Crippen molar-refractivity contribution in [2.45, 2.75) is 26.2 Å². The highest BCUT2D eigenvalue weighted by molar-refractivity contribution is 5.79. The van der Waals surface area contributed by atoms with Crippen molar-refractivity contribution in [3.8, 4) is 11.5 Å². The Morgan fingerprint density at radius 3 is 2.90 bits per heavy atom. The first-order valence-corrected chi connectivity index (χ1v) is 10.2. The Hall–Kier alpha value is -3.22. The summed E-state index contributed by atoms with van der Waals surface area (Å²) in [6.45, 7) is 4.76. The highest BCUT2D eigenvalue weighted by Gasteiger charge is 2.13. The number of hydrogen-bond donors (Lipinski definition) is 3. The Morgan fingerprint density at radius 2 is 2.00 bits per heavy atom. The predicted molar refractivity (Wildman–Crippen MR) is 115 cm³/mol. The zero-order valence-corrected chi connectivity index (χ0v) is 16.7. The lowest BCUT2D eigenvalue weighted by molar-refractivity contribution is 0.174. The lowest BCUT2D eigenvalue weighted by atomic mass is 10.1. The third-order valence-electron chi connectivity index (χ3n) is 4.77. The summed E-state index contributed by atoms with van der Waals surface area (Å²) in [5.74, 6) is 3.51. The number of benzene rings is 2. The molecule has 7 nitrogen and oxygen atoms in total. The second-order valence-electron chi connectivity index (χ2n) is 6.93. The number of H-pyrrole nitrogens is 1. The van der Waals surface area contributed by atoms with Gasteiger partial charge in [0.1, 0.15) is 5.82 Å². The smallest absolute Gasteiger partial charge is 0.231 e. The molecule has 3 N–H and O–H groups in total. The van der Waals surface area contributed by atoms with Crippen molar-refractivity contribution in [1.29, 1.82) is 0 Å². The first-order valence-electron chi connectivity index (χ1n) is 10.2. The molecule has 1 aromatic heterocycles. The first kappa shape index (κ1) is 19.1. The fraction of sp³-hybridized carbons (Fsp3) is 0.364. The summed E-state index contributed by atoms with van der Waals surface area (Å²) in [5, 5.41) is 6.70. The molecule has 2 heterocycles. The number of aromatic amines is 1. The van der Waals surface area contributed by atoms with Crippen molar-refractivity contribution < 1.29 is 9.47 Å². The van der Waals surface area contributed by atoms with Crippen molar-refractivity contribution in [3.05, 3.63) is 53.9 Å². The lowest BCUT2D eigenvalue weighted by Gasteiger charge is -2.11. The number of aromatic nitrogens is 2. The van der Waals surface area contributed by atoms with Gasteiger partial charge in [0.25, 0.3) is 0 Å². The Labute approximate surface area is 170 Å². The van der Waals surface area contributed by atoms with Crippen LogP contribution in [-0.4, -0.2) is 42.4 Å². The summed E-state index contributed by atoms with van der Waals surface area (Å²) < 4.78 is 10.8. The van der Waals surface area contributed by atoms with E-state index < -0.39 is 0 Å². The van der Waals surface area contributed by atoms with Gasteiger partial charge in [-0.25, -0.2) is 4.98 Å². The summed E-state index contributed by atoms with van der Waals surface area (Å²) in [6, 6.07) is 14.2. The Balaban J connectivity index is 1.24. The Kier molecular flexibility index (Phi) is 6.14. The number of imidazole rings is 1. The van der Waals surface area contributed by atoms with Gasteiger partial charge in [0.2, 0.25) is 6.79 Å². The van der Waals surface area contributed by atoms with Crippen molar-refractivity contribution in [2.24, 2.45) is 4.99 Å². The highest BCUT2D eigenvalue weighted by atomic mass is 16.7. The molecule has 0 unspecified atom stereocenters. The summed E-state index contributed by atoms with van der Waals surface area (Å²) in [7, 11) is 0. The summed E-state index contributed by atoms with van der Waals surface area (Å²) in [6.07, 6.45) is 2.72. The maximum Gasteiger partial charge on any atom is 0.231 e. The van der Waals surface area contributed by atoms with E-state index in [2.05, 4.69) is 44.7 Å². The van der Waals surface area contributed by atoms with Crippen LogP contribution in [0.3, 0.4) is 0 Å². The molecule has 0 saturated carbocycles. The second-order valence-corrected chi connectivity index (χ2v) is 6.93. The summed E-state index contributed by atoms with van der Waals surface area (Å²) >= 11 is 0. The number of aliphatic imine (C=N–C) groups is 1. The average molecular weight is 393 g/mol. The molecule has 4 rings (SSSR count). The van der Waals surface area contributed by atoms with E-state index in [4.69, 9.17) is 9.47 Å². The molecule has 0 aliphatic carbocycles. The molecule has 3 aromatic rings. The minimum absolute atomic E-state index is 0.308. The van der Waals surface area contributed by atoms with Crippen LogP contribution in [0.25, 0.3) is 11.0 Å². The quantitative estimate of drug-likeness (QED) is 0.311. The molecule has 1 aliphatic rings. The van der Waals surface area contributed by atoms with E-state index in [1.807, 2.05) is 30.3 Å². The molecule has 7 heteroatoms. The van der Waals surface area contributed by atoms with Crippen LogP contribution in [0.1, 0.15) is 24.7 Å². The van der Waals surface area contributed by atoms with Gasteiger partial charge >= 0.3 is 0 Å². The number of ether oxygens (including phenoxy) is 2. The Bertz CT molecular complexity index is 949.